The highest BCUT2D eigenvalue weighted by molar-refractivity contribution is 5.69. The third kappa shape index (κ3) is 1.64. The van der Waals surface area contributed by atoms with Crippen molar-refractivity contribution in [1.29, 1.82) is 0 Å². The quantitative estimate of drug-likeness (QED) is 0.458. The molecule has 2 aromatic rings. The Hall–Kier alpha value is -2.37. The van der Waals surface area contributed by atoms with E-state index < -0.39 is 4.92 Å². The summed E-state index contributed by atoms with van der Waals surface area (Å²) in [5, 5.41) is 10.5. The molecule has 0 spiro atoms. The number of hydrogen-bond acceptors (Lipinski definition) is 5. The average molecular weight is 205 g/mol. The largest absolute Gasteiger partial charge is 0.444 e. The lowest BCUT2D eigenvalue weighted by Crippen LogP contribution is -1.95. The molecule has 6 nitrogen and oxygen atoms in total. The average Bonchev–Trinajstić information content (AvgIpc) is 2.69. The fraction of sp³-hybridized carbons (Fsp3) is 0. The Morgan fingerprint density at radius 1 is 1.47 bits per heavy atom. The van der Waals surface area contributed by atoms with Crippen LogP contribution in [-0.4, -0.2) is 9.91 Å². The molecule has 0 atom stereocenters. The van der Waals surface area contributed by atoms with Gasteiger partial charge in [0.15, 0.2) is 12.2 Å². The van der Waals surface area contributed by atoms with Gasteiger partial charge < -0.3 is 10.2 Å². The highest BCUT2D eigenvalue weighted by Gasteiger charge is 2.12. The van der Waals surface area contributed by atoms with Crippen molar-refractivity contribution < 1.29 is 9.34 Å². The molecule has 0 saturated heterocycles. The maximum absolute atomic E-state index is 10.5. The first-order chi connectivity index (χ1) is 7.18. The Kier molecular flexibility index (Phi) is 2.09. The second kappa shape index (κ2) is 3.41. The normalized spacial score (nSPS) is 10.1. The lowest BCUT2D eigenvalue weighted by atomic mass is 10.1. The van der Waals surface area contributed by atoms with Crippen molar-refractivity contribution in [2.45, 2.75) is 0 Å². The second-order valence-corrected chi connectivity index (χ2v) is 2.90. The van der Waals surface area contributed by atoms with E-state index in [4.69, 9.17) is 10.2 Å². The summed E-state index contributed by atoms with van der Waals surface area (Å²) in [6.45, 7) is 0. The molecular formula is C9H7N3O3. The number of rotatable bonds is 2. The van der Waals surface area contributed by atoms with Crippen LogP contribution in [0.1, 0.15) is 0 Å². The molecule has 0 fully saturated rings. The van der Waals surface area contributed by atoms with E-state index >= 15 is 0 Å². The van der Waals surface area contributed by atoms with Crippen LogP contribution >= 0.6 is 0 Å². The first kappa shape index (κ1) is 9.20. The number of benzene rings is 1. The zero-order valence-corrected chi connectivity index (χ0v) is 7.58. The van der Waals surface area contributed by atoms with Crippen LogP contribution in [0.25, 0.3) is 11.3 Å². The lowest BCUT2D eigenvalue weighted by Gasteiger charge is -1.99. The van der Waals surface area contributed by atoms with E-state index in [2.05, 4.69) is 4.98 Å². The van der Waals surface area contributed by atoms with Crippen molar-refractivity contribution in [2.24, 2.45) is 0 Å². The summed E-state index contributed by atoms with van der Waals surface area (Å²) < 4.78 is 5.04. The Morgan fingerprint density at radius 3 is 2.80 bits per heavy atom. The molecule has 0 radical (unpaired) electrons. The fourth-order valence-electron chi connectivity index (χ4n) is 1.23. The molecule has 2 rings (SSSR count). The molecule has 0 amide bonds. The highest BCUT2D eigenvalue weighted by atomic mass is 16.6. The monoisotopic (exact) mass is 205 g/mol. The maximum Gasteiger partial charge on any atom is 0.292 e. The third-order valence-electron chi connectivity index (χ3n) is 1.94. The van der Waals surface area contributed by atoms with Crippen LogP contribution < -0.4 is 5.73 Å². The summed E-state index contributed by atoms with van der Waals surface area (Å²) in [4.78, 5) is 13.7. The van der Waals surface area contributed by atoms with E-state index in [1.165, 1.54) is 24.7 Å². The number of nitrogens with zero attached hydrogens (tertiary/aromatic N) is 2. The van der Waals surface area contributed by atoms with Gasteiger partial charge in [-0.15, -0.1) is 0 Å². The Balaban J connectivity index is 2.47. The maximum atomic E-state index is 10.5. The topological polar surface area (TPSA) is 95.2 Å². The molecule has 0 bridgehead atoms. The minimum Gasteiger partial charge on any atom is -0.444 e. The highest BCUT2D eigenvalue weighted by Crippen LogP contribution is 2.27. The molecule has 1 aromatic heterocycles. The number of oxazole rings is 1. The van der Waals surface area contributed by atoms with Gasteiger partial charge in [0.1, 0.15) is 5.69 Å². The summed E-state index contributed by atoms with van der Waals surface area (Å²) in [7, 11) is 0. The van der Waals surface area contributed by atoms with Gasteiger partial charge >= 0.3 is 0 Å². The van der Waals surface area contributed by atoms with Crippen LogP contribution in [-0.2, 0) is 0 Å². The predicted octanol–water partition coefficient (Wildman–Crippen LogP) is 1.83. The van der Waals surface area contributed by atoms with Gasteiger partial charge in [-0.25, -0.2) is 4.98 Å². The Morgan fingerprint density at radius 2 is 2.27 bits per heavy atom. The standard InChI is InChI=1S/C9H7N3O3/c10-7-3-6(9-4-11-5-15-9)1-2-8(7)12(13)14/h1-5H,10H2. The zero-order chi connectivity index (χ0) is 10.8. The van der Waals surface area contributed by atoms with Crippen LogP contribution in [0, 0.1) is 10.1 Å². The summed E-state index contributed by atoms with van der Waals surface area (Å²) in [6, 6.07) is 4.39. The molecular weight excluding hydrogens is 198 g/mol. The predicted molar refractivity (Wildman–Crippen MR) is 53.0 cm³/mol. The number of aromatic nitrogens is 1. The van der Waals surface area contributed by atoms with E-state index in [-0.39, 0.29) is 11.4 Å². The van der Waals surface area contributed by atoms with E-state index in [0.29, 0.717) is 11.3 Å². The van der Waals surface area contributed by atoms with E-state index in [1.807, 2.05) is 0 Å². The molecule has 1 aromatic carbocycles. The van der Waals surface area contributed by atoms with E-state index in [9.17, 15) is 10.1 Å². The van der Waals surface area contributed by atoms with Crippen LogP contribution in [0.2, 0.25) is 0 Å². The minimum absolute atomic E-state index is 0.105. The molecule has 0 unspecified atom stereocenters. The molecule has 0 saturated carbocycles. The van der Waals surface area contributed by atoms with Crippen molar-refractivity contribution in [1.82, 2.24) is 4.98 Å². The van der Waals surface area contributed by atoms with E-state index in [1.54, 1.807) is 6.07 Å². The molecule has 0 aliphatic carbocycles. The summed E-state index contributed by atoms with van der Waals surface area (Å²) >= 11 is 0. The van der Waals surface area contributed by atoms with E-state index in [0.717, 1.165) is 0 Å². The molecule has 76 valence electrons. The van der Waals surface area contributed by atoms with Gasteiger partial charge in [-0.1, -0.05) is 0 Å². The van der Waals surface area contributed by atoms with Crippen LogP contribution in [0.15, 0.2) is 35.2 Å². The summed E-state index contributed by atoms with van der Waals surface area (Å²) in [6.07, 6.45) is 2.80. The van der Waals surface area contributed by atoms with Crippen LogP contribution in [0.3, 0.4) is 0 Å². The van der Waals surface area contributed by atoms with Crippen molar-refractivity contribution in [3.05, 3.63) is 40.9 Å². The van der Waals surface area contributed by atoms with Gasteiger partial charge in [0, 0.05) is 11.6 Å². The molecule has 2 N–H and O–H groups in total. The van der Waals surface area contributed by atoms with Gasteiger partial charge in [-0.2, -0.15) is 0 Å². The number of hydrogen-bond donors (Lipinski definition) is 1. The lowest BCUT2D eigenvalue weighted by molar-refractivity contribution is -0.383. The number of anilines is 1. The first-order valence-electron chi connectivity index (χ1n) is 4.11. The summed E-state index contributed by atoms with van der Waals surface area (Å²) in [5.74, 6) is 0.525. The second-order valence-electron chi connectivity index (χ2n) is 2.90. The number of nitro benzene ring substituents is 1. The fourth-order valence-corrected chi connectivity index (χ4v) is 1.23. The molecule has 0 aliphatic heterocycles. The SMILES string of the molecule is Nc1cc(-c2cnco2)ccc1[N+](=O)[O-]. The Labute approximate surface area is 84.5 Å². The van der Waals surface area contributed by atoms with Gasteiger partial charge in [0.05, 0.1) is 11.1 Å². The Bertz CT molecular complexity index is 493. The van der Waals surface area contributed by atoms with Crippen molar-refractivity contribution in [2.75, 3.05) is 5.73 Å². The number of nitrogens with two attached hydrogens (primary N) is 1. The molecule has 0 aliphatic rings. The van der Waals surface area contributed by atoms with Crippen molar-refractivity contribution >= 4 is 11.4 Å². The first-order valence-corrected chi connectivity index (χ1v) is 4.11. The third-order valence-corrected chi connectivity index (χ3v) is 1.94. The van der Waals surface area contributed by atoms with Gasteiger partial charge in [-0.05, 0) is 12.1 Å². The smallest absolute Gasteiger partial charge is 0.292 e. The number of nitrogen functional groups attached to an aromatic ring is 1. The molecule has 15 heavy (non-hydrogen) atoms. The minimum atomic E-state index is -0.528. The van der Waals surface area contributed by atoms with Crippen LogP contribution in [0.4, 0.5) is 11.4 Å². The number of nitro groups is 1. The van der Waals surface area contributed by atoms with Crippen LogP contribution in [0.5, 0.6) is 0 Å². The van der Waals surface area contributed by atoms with Gasteiger partial charge in [0.2, 0.25) is 0 Å². The van der Waals surface area contributed by atoms with Gasteiger partial charge in [0.25, 0.3) is 5.69 Å². The zero-order valence-electron chi connectivity index (χ0n) is 7.58. The molecule has 6 heteroatoms. The van der Waals surface area contributed by atoms with Gasteiger partial charge in [-0.3, -0.25) is 10.1 Å². The summed E-state index contributed by atoms with van der Waals surface area (Å²) in [5.41, 5.74) is 6.18. The van der Waals surface area contributed by atoms with Crippen molar-refractivity contribution in [3.8, 4) is 11.3 Å². The van der Waals surface area contributed by atoms with Crippen molar-refractivity contribution in [3.63, 3.8) is 0 Å². The molecule has 1 heterocycles.